The van der Waals surface area contributed by atoms with Gasteiger partial charge in [0.15, 0.2) is 0 Å². The van der Waals surface area contributed by atoms with Gasteiger partial charge in [-0.05, 0) is 47.2 Å². The zero-order valence-corrected chi connectivity index (χ0v) is 25.1. The van der Waals surface area contributed by atoms with Crippen molar-refractivity contribution in [3.8, 4) is 5.75 Å². The van der Waals surface area contributed by atoms with Gasteiger partial charge in [-0.25, -0.2) is 13.2 Å². The van der Waals surface area contributed by atoms with E-state index in [1.165, 1.54) is 19.2 Å². The second-order valence-corrected chi connectivity index (χ2v) is 12.5. The van der Waals surface area contributed by atoms with Crippen molar-refractivity contribution in [3.63, 3.8) is 0 Å². The van der Waals surface area contributed by atoms with Crippen LogP contribution >= 0.6 is 0 Å². The Morgan fingerprint density at radius 3 is 2.17 bits per heavy atom. The molecule has 0 spiro atoms. The zero-order valence-electron chi connectivity index (χ0n) is 24.3. The minimum Gasteiger partial charge on any atom is -0.490 e. The van der Waals surface area contributed by atoms with Crippen molar-refractivity contribution >= 4 is 39.6 Å². The summed E-state index contributed by atoms with van der Waals surface area (Å²) in [6, 6.07) is 16.3. The van der Waals surface area contributed by atoms with Crippen LogP contribution < -0.4 is 9.46 Å². The Balaban J connectivity index is 1.65. The lowest BCUT2D eigenvalue weighted by Crippen LogP contribution is -2.33. The van der Waals surface area contributed by atoms with Crippen LogP contribution in [0.1, 0.15) is 69.9 Å². The summed E-state index contributed by atoms with van der Waals surface area (Å²) in [6.45, 7) is 7.68. The first-order chi connectivity index (χ1) is 19.9. The topological polar surface area (TPSA) is 119 Å². The van der Waals surface area contributed by atoms with E-state index in [4.69, 9.17) is 9.47 Å². The molecule has 0 atom stereocenters. The minimum absolute atomic E-state index is 0.0237. The first-order valence-corrected chi connectivity index (χ1v) is 15.0. The molecule has 1 N–H and O–H groups in total. The van der Waals surface area contributed by atoms with Crippen LogP contribution in [-0.4, -0.2) is 51.4 Å². The fraction of sp³-hybridized carbons (Fsp3) is 0.281. The van der Waals surface area contributed by atoms with E-state index >= 15 is 0 Å². The van der Waals surface area contributed by atoms with Gasteiger partial charge in [0.25, 0.3) is 21.8 Å². The van der Waals surface area contributed by atoms with Gasteiger partial charge < -0.3 is 9.47 Å². The minimum atomic E-state index is -4.15. The Kier molecular flexibility index (Phi) is 8.86. The lowest BCUT2D eigenvalue weighted by molar-refractivity contribution is 0.0583. The van der Waals surface area contributed by atoms with Crippen LogP contribution in [0.25, 0.3) is 6.08 Å². The maximum Gasteiger partial charge on any atom is 0.343 e. The molecular weight excluding hydrogens is 556 g/mol. The third-order valence-corrected chi connectivity index (χ3v) is 8.10. The van der Waals surface area contributed by atoms with Gasteiger partial charge in [0.1, 0.15) is 17.9 Å². The van der Waals surface area contributed by atoms with Crippen molar-refractivity contribution in [1.29, 1.82) is 0 Å². The molecule has 0 fully saturated rings. The van der Waals surface area contributed by atoms with Crippen LogP contribution in [0.4, 0.5) is 5.69 Å². The Bertz CT molecular complexity index is 1640. The molecule has 1 aliphatic heterocycles. The average Bonchev–Trinajstić information content (AvgIpc) is 3.20. The number of anilines is 1. The summed E-state index contributed by atoms with van der Waals surface area (Å²) in [5.74, 6) is -1.55. The van der Waals surface area contributed by atoms with Gasteiger partial charge >= 0.3 is 5.97 Å². The van der Waals surface area contributed by atoms with E-state index < -0.39 is 27.8 Å². The Morgan fingerprint density at radius 2 is 1.57 bits per heavy atom. The van der Waals surface area contributed by atoms with Crippen molar-refractivity contribution in [2.75, 3.05) is 25.0 Å². The van der Waals surface area contributed by atoms with Crippen LogP contribution in [-0.2, 0) is 21.2 Å². The maximum absolute atomic E-state index is 13.6. The number of imide groups is 1. The summed E-state index contributed by atoms with van der Waals surface area (Å²) in [4.78, 5) is 39.7. The van der Waals surface area contributed by atoms with Gasteiger partial charge in [0, 0.05) is 0 Å². The quantitative estimate of drug-likeness (QED) is 0.242. The first kappa shape index (κ1) is 30.5. The van der Waals surface area contributed by atoms with E-state index in [-0.39, 0.29) is 40.5 Å². The lowest BCUT2D eigenvalue weighted by Gasteiger charge is -2.20. The number of benzene rings is 3. The largest absolute Gasteiger partial charge is 0.490 e. The predicted octanol–water partition coefficient (Wildman–Crippen LogP) is 5.57. The molecule has 4 rings (SSSR count). The molecule has 10 heteroatoms. The molecule has 2 amide bonds. The molecule has 1 aliphatic rings. The number of amides is 2. The summed E-state index contributed by atoms with van der Waals surface area (Å²) in [7, 11) is -2.96. The van der Waals surface area contributed by atoms with Crippen LogP contribution in [0, 0.1) is 5.41 Å². The van der Waals surface area contributed by atoms with E-state index in [1.54, 1.807) is 54.6 Å². The predicted molar refractivity (Wildman–Crippen MR) is 160 cm³/mol. The number of carbonyl (C=O) groups excluding carboxylic acids is 3. The lowest BCUT2D eigenvalue weighted by atomic mass is 9.95. The summed E-state index contributed by atoms with van der Waals surface area (Å²) < 4.78 is 40.8. The first-order valence-electron chi connectivity index (χ1n) is 13.5. The number of carbonyl (C=O) groups is 3. The van der Waals surface area contributed by atoms with E-state index in [0.717, 1.165) is 4.90 Å². The molecule has 0 aromatic heterocycles. The second kappa shape index (κ2) is 12.2. The van der Waals surface area contributed by atoms with Crippen LogP contribution in [0.3, 0.4) is 0 Å². The molecule has 1 heterocycles. The Labute approximate surface area is 246 Å². The van der Waals surface area contributed by atoms with Crippen molar-refractivity contribution in [2.24, 2.45) is 5.41 Å². The molecular formula is C32H34N2O7S. The molecule has 0 bridgehead atoms. The monoisotopic (exact) mass is 590 g/mol. The third kappa shape index (κ3) is 6.38. The van der Waals surface area contributed by atoms with Crippen molar-refractivity contribution in [1.82, 2.24) is 4.90 Å². The molecule has 42 heavy (non-hydrogen) atoms. The molecule has 0 saturated carbocycles. The standard InChI is InChI=1S/C32H34N2O7S/c1-6-21-15-16-25(33-42(38,39)26-14-10-7-11-22(26)17-18-32(2,3)4)27(31(37)40-5)28(21)41-20-19-34-29(35)23-12-8-9-13-24(23)30(34)36/h7-18,33H,6,19-20H2,1-5H3/b18-17+. The van der Waals surface area contributed by atoms with E-state index in [2.05, 4.69) is 4.72 Å². The van der Waals surface area contributed by atoms with Gasteiger partial charge in [-0.15, -0.1) is 0 Å². The average molecular weight is 591 g/mol. The number of hydrogen-bond donors (Lipinski definition) is 1. The number of hydrogen-bond acceptors (Lipinski definition) is 7. The van der Waals surface area contributed by atoms with Crippen molar-refractivity contribution < 1.29 is 32.3 Å². The second-order valence-electron chi connectivity index (χ2n) is 10.8. The molecule has 0 unspecified atom stereocenters. The summed E-state index contributed by atoms with van der Waals surface area (Å²) in [5.41, 5.74) is 1.45. The number of sulfonamides is 1. The van der Waals surface area contributed by atoms with Crippen LogP contribution in [0.5, 0.6) is 5.75 Å². The summed E-state index contributed by atoms with van der Waals surface area (Å²) >= 11 is 0. The number of fused-ring (bicyclic) bond motifs is 1. The Morgan fingerprint density at radius 1 is 0.952 bits per heavy atom. The zero-order chi connectivity index (χ0) is 30.7. The van der Waals surface area contributed by atoms with Crippen LogP contribution in [0.2, 0.25) is 0 Å². The number of allylic oxidation sites excluding steroid dienone is 1. The van der Waals surface area contributed by atoms with Gasteiger partial charge in [-0.1, -0.05) is 76.2 Å². The molecule has 3 aromatic rings. The smallest absolute Gasteiger partial charge is 0.343 e. The number of aryl methyl sites for hydroxylation is 1. The number of nitrogens with one attached hydrogen (secondary N) is 1. The van der Waals surface area contributed by atoms with Gasteiger partial charge in [0.05, 0.1) is 35.4 Å². The fourth-order valence-electron chi connectivity index (χ4n) is 4.54. The Hall–Kier alpha value is -4.44. The van der Waals surface area contributed by atoms with Crippen LogP contribution in [0.15, 0.2) is 71.6 Å². The number of nitrogens with zero attached hydrogens (tertiary/aromatic N) is 1. The number of methoxy groups -OCH3 is 1. The summed E-state index contributed by atoms with van der Waals surface area (Å²) in [6.07, 6.45) is 4.13. The number of ether oxygens (including phenoxy) is 2. The molecule has 0 aliphatic carbocycles. The molecule has 3 aromatic carbocycles. The van der Waals surface area contributed by atoms with Gasteiger partial charge in [0.2, 0.25) is 0 Å². The van der Waals surface area contributed by atoms with Gasteiger partial charge in [-0.2, -0.15) is 0 Å². The molecule has 0 radical (unpaired) electrons. The SMILES string of the molecule is CCc1ccc(NS(=O)(=O)c2ccccc2/C=C/C(C)(C)C)c(C(=O)OC)c1OCCN1C(=O)c2ccccc2C1=O. The van der Waals surface area contributed by atoms with E-state index in [0.29, 0.717) is 28.7 Å². The summed E-state index contributed by atoms with van der Waals surface area (Å²) in [5, 5.41) is 0. The number of esters is 1. The van der Waals surface area contributed by atoms with E-state index in [1.807, 2.05) is 33.8 Å². The third-order valence-electron chi connectivity index (χ3n) is 6.66. The molecule has 0 saturated heterocycles. The highest BCUT2D eigenvalue weighted by Gasteiger charge is 2.35. The van der Waals surface area contributed by atoms with Crippen molar-refractivity contribution in [2.45, 2.75) is 39.0 Å². The highest BCUT2D eigenvalue weighted by molar-refractivity contribution is 7.92. The molecule has 220 valence electrons. The van der Waals surface area contributed by atoms with E-state index in [9.17, 15) is 22.8 Å². The fourth-order valence-corrected chi connectivity index (χ4v) is 5.82. The number of rotatable bonds is 10. The van der Waals surface area contributed by atoms with Crippen molar-refractivity contribution in [3.05, 3.63) is 94.6 Å². The molecule has 9 nitrogen and oxygen atoms in total. The maximum atomic E-state index is 13.6. The highest BCUT2D eigenvalue weighted by Crippen LogP contribution is 2.34. The van der Waals surface area contributed by atoms with Gasteiger partial charge in [-0.3, -0.25) is 19.2 Å². The normalized spacial score (nSPS) is 13.4. The highest BCUT2D eigenvalue weighted by atomic mass is 32.2.